The fourth-order valence-electron chi connectivity index (χ4n) is 3.24. The van der Waals surface area contributed by atoms with Gasteiger partial charge >= 0.3 is 6.09 Å². The number of amides is 2. The number of halogens is 1. The number of anilines is 1. The monoisotopic (exact) mass is 565 g/mol. The van der Waals surface area contributed by atoms with Gasteiger partial charge in [-0.2, -0.15) is 4.99 Å². The number of ether oxygens (including phenoxy) is 1. The Kier molecular flexibility index (Phi) is 7.02. The molecule has 1 N–H and O–H groups in total. The molecule has 1 aromatic carbocycles. The lowest BCUT2D eigenvalue weighted by atomic mass is 10.2. The number of nitrogens with one attached hydrogen (secondary N) is 1. The third-order valence-electron chi connectivity index (χ3n) is 4.38. The molecule has 8 nitrogen and oxygen atoms in total. The van der Waals surface area contributed by atoms with Crippen LogP contribution in [0.15, 0.2) is 29.3 Å². The summed E-state index contributed by atoms with van der Waals surface area (Å²) in [4.78, 5) is 30.2. The first-order chi connectivity index (χ1) is 13.9. The highest BCUT2D eigenvalue weighted by atomic mass is 127. The minimum absolute atomic E-state index is 0.0249. The smallest absolute Gasteiger partial charge is 0.407 e. The van der Waals surface area contributed by atoms with Crippen molar-refractivity contribution in [2.45, 2.75) is 44.1 Å². The Hall–Kier alpha value is -1.34. The van der Waals surface area contributed by atoms with E-state index < -0.39 is 21.5 Å². The minimum atomic E-state index is -3.11. The average Bonchev–Trinajstić information content (AvgIpc) is 3.03. The summed E-state index contributed by atoms with van der Waals surface area (Å²) in [5.41, 5.74) is 0.207. The van der Waals surface area contributed by atoms with Crippen LogP contribution < -0.4 is 10.2 Å². The van der Waals surface area contributed by atoms with Gasteiger partial charge in [0.1, 0.15) is 5.60 Å². The van der Waals surface area contributed by atoms with Crippen molar-refractivity contribution < 1.29 is 22.7 Å². The third kappa shape index (κ3) is 6.10. The zero-order valence-electron chi connectivity index (χ0n) is 16.9. The molecule has 2 amide bonds. The summed E-state index contributed by atoms with van der Waals surface area (Å²) >= 11 is 3.52. The summed E-state index contributed by atoms with van der Waals surface area (Å²) in [6.45, 7) is 5.39. The zero-order valence-corrected chi connectivity index (χ0v) is 20.7. The number of fused-ring (bicyclic) bond motifs is 1. The molecule has 3 rings (SSSR count). The van der Waals surface area contributed by atoms with Gasteiger partial charge in [0, 0.05) is 27.5 Å². The largest absolute Gasteiger partial charge is 0.444 e. The Bertz CT molecular complexity index is 975. The molecule has 2 saturated heterocycles. The molecular weight excluding hydrogens is 541 g/mol. The van der Waals surface area contributed by atoms with Gasteiger partial charge < -0.3 is 15.0 Å². The van der Waals surface area contributed by atoms with Crippen molar-refractivity contribution in [1.29, 1.82) is 0 Å². The van der Waals surface area contributed by atoms with E-state index in [2.05, 4.69) is 32.9 Å². The Morgan fingerprint density at radius 2 is 2.07 bits per heavy atom. The summed E-state index contributed by atoms with van der Waals surface area (Å²) in [6.07, 6.45) is -0.560. The van der Waals surface area contributed by atoms with Crippen LogP contribution in [-0.2, 0) is 19.4 Å². The van der Waals surface area contributed by atoms with Crippen molar-refractivity contribution in [3.63, 3.8) is 0 Å². The van der Waals surface area contributed by atoms with Crippen LogP contribution in [0.1, 0.15) is 27.2 Å². The standard InChI is InChI=1S/C19H24IN3O5S2/c1-19(2,3)28-18(25)21-8-7-16(24)22-17-23(13-6-4-5-12(20)9-13)14-10-30(26,27)11-15(14)29-17/h4-6,9,14-15H,7-8,10-11H2,1-3H3,(H,21,25)/t14-,15-/m0/s1. The van der Waals surface area contributed by atoms with Crippen LogP contribution in [0, 0.1) is 3.57 Å². The average molecular weight is 565 g/mol. The van der Waals surface area contributed by atoms with Crippen molar-refractivity contribution in [2.75, 3.05) is 23.0 Å². The number of thioether (sulfide) groups is 1. The molecule has 2 heterocycles. The first-order valence-electron chi connectivity index (χ1n) is 9.44. The Morgan fingerprint density at radius 1 is 1.33 bits per heavy atom. The van der Waals surface area contributed by atoms with Gasteiger partial charge in [-0.25, -0.2) is 13.2 Å². The van der Waals surface area contributed by atoms with Crippen molar-refractivity contribution in [3.8, 4) is 0 Å². The predicted molar refractivity (Wildman–Crippen MR) is 127 cm³/mol. The van der Waals surface area contributed by atoms with E-state index in [9.17, 15) is 18.0 Å². The number of rotatable bonds is 4. The maximum Gasteiger partial charge on any atom is 0.407 e. The number of aliphatic imine (C=N–C) groups is 1. The number of amidine groups is 1. The molecule has 0 radical (unpaired) electrons. The quantitative estimate of drug-likeness (QED) is 0.560. The Balaban J connectivity index is 1.71. The number of carbonyl (C=O) groups is 2. The number of nitrogens with zero attached hydrogens (tertiary/aromatic N) is 2. The topological polar surface area (TPSA) is 105 Å². The van der Waals surface area contributed by atoms with Crippen LogP contribution in [0.3, 0.4) is 0 Å². The van der Waals surface area contributed by atoms with Crippen LogP contribution in [-0.4, -0.2) is 60.5 Å². The minimum Gasteiger partial charge on any atom is -0.444 e. The lowest BCUT2D eigenvalue weighted by Gasteiger charge is -2.24. The predicted octanol–water partition coefficient (Wildman–Crippen LogP) is 2.81. The molecule has 0 unspecified atom stereocenters. The highest BCUT2D eigenvalue weighted by molar-refractivity contribution is 14.1. The highest BCUT2D eigenvalue weighted by Crippen LogP contribution is 2.41. The lowest BCUT2D eigenvalue weighted by Crippen LogP contribution is -2.38. The van der Waals surface area contributed by atoms with Gasteiger partial charge in [0.2, 0.25) is 5.91 Å². The van der Waals surface area contributed by atoms with E-state index in [0.29, 0.717) is 5.17 Å². The highest BCUT2D eigenvalue weighted by Gasteiger charge is 2.49. The SMILES string of the molecule is CC(C)(C)OC(=O)NCCC(=O)N=C1S[C@H]2CS(=O)(=O)C[C@@H]2N1c1cccc(I)c1. The van der Waals surface area contributed by atoms with Crippen LogP contribution in [0.5, 0.6) is 0 Å². The second-order valence-electron chi connectivity index (χ2n) is 8.12. The summed E-state index contributed by atoms with van der Waals surface area (Å²) in [5, 5.41) is 2.89. The number of carbonyl (C=O) groups excluding carboxylic acids is 2. The molecule has 11 heteroatoms. The second-order valence-corrected chi connectivity index (χ2v) is 12.7. The molecule has 0 bridgehead atoms. The fraction of sp³-hybridized carbons (Fsp3) is 0.526. The first kappa shape index (κ1) is 23.3. The van der Waals surface area contributed by atoms with Crippen molar-refractivity contribution in [2.24, 2.45) is 4.99 Å². The molecule has 0 aromatic heterocycles. The molecule has 2 aliphatic rings. The number of alkyl carbamates (subject to hydrolysis) is 1. The number of benzene rings is 1. The summed E-state index contributed by atoms with van der Waals surface area (Å²) in [6, 6.07) is 7.42. The summed E-state index contributed by atoms with van der Waals surface area (Å²) in [5.74, 6) is -0.258. The molecule has 2 atom stereocenters. The van der Waals surface area contributed by atoms with Crippen molar-refractivity contribution in [1.82, 2.24) is 5.32 Å². The molecule has 2 aliphatic heterocycles. The van der Waals surface area contributed by atoms with Crippen LogP contribution in [0.4, 0.5) is 10.5 Å². The van der Waals surface area contributed by atoms with Gasteiger partial charge in [-0.15, -0.1) is 0 Å². The lowest BCUT2D eigenvalue weighted by molar-refractivity contribution is -0.117. The van der Waals surface area contributed by atoms with Gasteiger partial charge in [0.05, 0.1) is 17.5 Å². The first-order valence-corrected chi connectivity index (χ1v) is 13.2. The van der Waals surface area contributed by atoms with E-state index in [-0.39, 0.29) is 41.7 Å². The molecule has 2 fully saturated rings. The van der Waals surface area contributed by atoms with E-state index in [1.54, 1.807) is 20.8 Å². The molecule has 0 saturated carbocycles. The van der Waals surface area contributed by atoms with Gasteiger partial charge in [-0.05, 0) is 61.6 Å². The van der Waals surface area contributed by atoms with Crippen LogP contribution >= 0.6 is 34.4 Å². The van der Waals surface area contributed by atoms with E-state index in [1.165, 1.54) is 11.8 Å². The molecule has 0 aliphatic carbocycles. The summed E-state index contributed by atoms with van der Waals surface area (Å²) < 4.78 is 30.4. The fourth-order valence-corrected chi connectivity index (χ4v) is 7.70. The number of sulfone groups is 1. The Morgan fingerprint density at radius 3 is 2.73 bits per heavy atom. The third-order valence-corrected chi connectivity index (χ3v) is 8.26. The van der Waals surface area contributed by atoms with Gasteiger partial charge in [-0.3, -0.25) is 4.79 Å². The van der Waals surface area contributed by atoms with E-state index >= 15 is 0 Å². The normalized spacial score (nSPS) is 24.0. The van der Waals surface area contributed by atoms with E-state index in [4.69, 9.17) is 4.74 Å². The molecule has 30 heavy (non-hydrogen) atoms. The summed E-state index contributed by atoms with van der Waals surface area (Å²) in [7, 11) is -3.11. The molecule has 1 aromatic rings. The van der Waals surface area contributed by atoms with Gasteiger partial charge in [-0.1, -0.05) is 17.8 Å². The van der Waals surface area contributed by atoms with E-state index in [0.717, 1.165) is 9.26 Å². The number of hydrogen-bond donors (Lipinski definition) is 1. The zero-order chi connectivity index (χ0) is 22.1. The van der Waals surface area contributed by atoms with E-state index in [1.807, 2.05) is 29.2 Å². The van der Waals surface area contributed by atoms with Crippen LogP contribution in [0.25, 0.3) is 0 Å². The van der Waals surface area contributed by atoms with Crippen molar-refractivity contribution in [3.05, 3.63) is 27.8 Å². The van der Waals surface area contributed by atoms with Gasteiger partial charge in [0.25, 0.3) is 0 Å². The molecule has 0 spiro atoms. The van der Waals surface area contributed by atoms with Gasteiger partial charge in [0.15, 0.2) is 15.0 Å². The van der Waals surface area contributed by atoms with Crippen LogP contribution in [0.2, 0.25) is 0 Å². The maximum absolute atomic E-state index is 12.4. The number of hydrogen-bond acceptors (Lipinski definition) is 6. The Labute approximate surface area is 194 Å². The molecule has 164 valence electrons. The second kappa shape index (κ2) is 9.03. The van der Waals surface area contributed by atoms with Crippen molar-refractivity contribution >= 4 is 67.0 Å². The molecular formula is C19H24IN3O5S2. The maximum atomic E-state index is 12.4.